The van der Waals surface area contributed by atoms with Crippen molar-refractivity contribution in [3.05, 3.63) is 29.8 Å². The van der Waals surface area contributed by atoms with Gasteiger partial charge in [0.25, 0.3) is 0 Å². The molecule has 1 aromatic carbocycles. The molecule has 0 heterocycles. The molecule has 1 rings (SSSR count). The van der Waals surface area contributed by atoms with Gasteiger partial charge in [-0.3, -0.25) is 9.59 Å². The third kappa shape index (κ3) is 5.14. The van der Waals surface area contributed by atoms with E-state index < -0.39 is 0 Å². The average molecular weight is 278 g/mol. The normalized spacial score (nSPS) is 10.5. The molecule has 108 valence electrons. The summed E-state index contributed by atoms with van der Waals surface area (Å²) in [5.41, 5.74) is 0.726. The number of carbonyl (C=O) groups is 2. The first-order valence-corrected chi connectivity index (χ1v) is 6.30. The van der Waals surface area contributed by atoms with Gasteiger partial charge in [0.15, 0.2) is 17.3 Å². The van der Waals surface area contributed by atoms with Crippen molar-refractivity contribution in [2.45, 2.75) is 19.8 Å². The zero-order valence-electron chi connectivity index (χ0n) is 11.6. The molecule has 0 atom stereocenters. The van der Waals surface area contributed by atoms with E-state index in [1.807, 2.05) is 0 Å². The van der Waals surface area contributed by atoms with Crippen LogP contribution in [0.5, 0.6) is 11.5 Å². The molecule has 0 bridgehead atoms. The van der Waals surface area contributed by atoms with Crippen molar-refractivity contribution in [2.24, 2.45) is 0 Å². The molecule has 0 aliphatic carbocycles. The predicted octanol–water partition coefficient (Wildman–Crippen LogP) is 2.33. The highest BCUT2D eigenvalue weighted by Gasteiger charge is 2.05. The lowest BCUT2D eigenvalue weighted by Crippen LogP contribution is -2.06. The Morgan fingerprint density at radius 2 is 2.05 bits per heavy atom. The maximum Gasteiger partial charge on any atom is 0.306 e. The van der Waals surface area contributed by atoms with Crippen LogP contribution >= 0.6 is 0 Å². The van der Waals surface area contributed by atoms with Crippen LogP contribution in [-0.2, 0) is 14.3 Å². The molecule has 5 nitrogen and oxygen atoms in total. The summed E-state index contributed by atoms with van der Waals surface area (Å²) in [7, 11) is 1.45. The highest BCUT2D eigenvalue weighted by Crippen LogP contribution is 2.26. The summed E-state index contributed by atoms with van der Waals surface area (Å²) in [5.74, 6) is -0.157. The number of esters is 1. The van der Waals surface area contributed by atoms with Crippen molar-refractivity contribution in [3.8, 4) is 11.5 Å². The second-order valence-corrected chi connectivity index (χ2v) is 4.04. The number of ketones is 1. The van der Waals surface area contributed by atoms with Crippen molar-refractivity contribution >= 4 is 17.8 Å². The molecule has 0 radical (unpaired) electrons. The quantitative estimate of drug-likeness (QED) is 0.612. The second-order valence-electron chi connectivity index (χ2n) is 4.04. The van der Waals surface area contributed by atoms with Crippen LogP contribution in [0.4, 0.5) is 0 Å². The molecule has 1 N–H and O–H groups in total. The van der Waals surface area contributed by atoms with Crippen LogP contribution in [0, 0.1) is 0 Å². The van der Waals surface area contributed by atoms with Crippen molar-refractivity contribution in [2.75, 3.05) is 13.7 Å². The van der Waals surface area contributed by atoms with E-state index in [2.05, 4.69) is 0 Å². The Bertz CT molecular complexity index is 505. The second kappa shape index (κ2) is 7.99. The fourth-order valence-corrected chi connectivity index (χ4v) is 1.53. The van der Waals surface area contributed by atoms with Crippen molar-refractivity contribution in [3.63, 3.8) is 0 Å². The summed E-state index contributed by atoms with van der Waals surface area (Å²) in [4.78, 5) is 22.7. The van der Waals surface area contributed by atoms with E-state index >= 15 is 0 Å². The van der Waals surface area contributed by atoms with E-state index in [4.69, 9.17) is 9.47 Å². The van der Waals surface area contributed by atoms with E-state index in [0.717, 1.165) is 5.56 Å². The van der Waals surface area contributed by atoms with Gasteiger partial charge in [-0.05, 0) is 30.7 Å². The van der Waals surface area contributed by atoms with Crippen molar-refractivity contribution < 1.29 is 24.2 Å². The highest BCUT2D eigenvalue weighted by atomic mass is 16.5. The topological polar surface area (TPSA) is 72.8 Å². The lowest BCUT2D eigenvalue weighted by atomic mass is 10.1. The molecular weight excluding hydrogens is 260 g/mol. The van der Waals surface area contributed by atoms with E-state index in [0.29, 0.717) is 12.4 Å². The summed E-state index contributed by atoms with van der Waals surface area (Å²) in [6, 6.07) is 4.76. The summed E-state index contributed by atoms with van der Waals surface area (Å²) in [5, 5.41) is 9.44. The number of allylic oxidation sites excluding steroid dienone is 1. The molecule has 0 aliphatic rings. The third-order valence-corrected chi connectivity index (χ3v) is 2.55. The molecule has 0 spiro atoms. The minimum absolute atomic E-state index is 0.0401. The molecule has 0 aliphatic heterocycles. The molecule has 0 unspecified atom stereocenters. The van der Waals surface area contributed by atoms with Gasteiger partial charge in [0, 0.05) is 6.42 Å². The minimum Gasteiger partial charge on any atom is -0.504 e. The van der Waals surface area contributed by atoms with Crippen molar-refractivity contribution in [1.29, 1.82) is 0 Å². The van der Waals surface area contributed by atoms with Crippen LogP contribution in [0.15, 0.2) is 24.3 Å². The molecule has 0 amide bonds. The monoisotopic (exact) mass is 278 g/mol. The molecule has 5 heteroatoms. The zero-order chi connectivity index (χ0) is 15.0. The molecule has 0 saturated carbocycles. The summed E-state index contributed by atoms with van der Waals surface area (Å²) >= 11 is 0. The maximum absolute atomic E-state index is 11.6. The lowest BCUT2D eigenvalue weighted by Gasteiger charge is -2.03. The summed E-state index contributed by atoms with van der Waals surface area (Å²) in [6.45, 7) is 2.04. The molecule has 0 fully saturated rings. The van der Waals surface area contributed by atoms with E-state index in [1.54, 1.807) is 25.1 Å². The third-order valence-electron chi connectivity index (χ3n) is 2.55. The number of phenols is 1. The first-order chi connectivity index (χ1) is 9.56. The highest BCUT2D eigenvalue weighted by molar-refractivity contribution is 5.95. The van der Waals surface area contributed by atoms with Gasteiger partial charge < -0.3 is 14.6 Å². The average Bonchev–Trinajstić information content (AvgIpc) is 2.44. The zero-order valence-corrected chi connectivity index (χ0v) is 11.6. The predicted molar refractivity (Wildman–Crippen MR) is 74.6 cm³/mol. The largest absolute Gasteiger partial charge is 0.504 e. The van der Waals surface area contributed by atoms with Crippen LogP contribution in [0.3, 0.4) is 0 Å². The Labute approximate surface area is 117 Å². The van der Waals surface area contributed by atoms with E-state index in [9.17, 15) is 14.7 Å². The first kappa shape index (κ1) is 15.8. The van der Waals surface area contributed by atoms with Crippen LogP contribution in [0.2, 0.25) is 0 Å². The van der Waals surface area contributed by atoms with Gasteiger partial charge in [0.05, 0.1) is 20.1 Å². The lowest BCUT2D eigenvalue weighted by molar-refractivity contribution is -0.144. The number of hydrogen-bond donors (Lipinski definition) is 1. The van der Waals surface area contributed by atoms with E-state index in [1.165, 1.54) is 19.3 Å². The maximum atomic E-state index is 11.6. The van der Waals surface area contributed by atoms with Gasteiger partial charge in [-0.2, -0.15) is 0 Å². The fraction of sp³-hybridized carbons (Fsp3) is 0.333. The van der Waals surface area contributed by atoms with Gasteiger partial charge in [-0.25, -0.2) is 0 Å². The number of carbonyl (C=O) groups excluding carboxylic acids is 2. The van der Waals surface area contributed by atoms with Gasteiger partial charge >= 0.3 is 5.97 Å². The van der Waals surface area contributed by atoms with Crippen LogP contribution < -0.4 is 4.74 Å². The number of phenolic OH excluding ortho intramolecular Hbond substituents is 1. The minimum atomic E-state index is -0.374. The molecular formula is C15H18O5. The molecule has 0 saturated heterocycles. The van der Waals surface area contributed by atoms with Crippen LogP contribution in [0.1, 0.15) is 25.3 Å². The van der Waals surface area contributed by atoms with E-state index in [-0.39, 0.29) is 30.3 Å². The number of methoxy groups -OCH3 is 1. The Kier molecular flexibility index (Phi) is 6.29. The summed E-state index contributed by atoms with van der Waals surface area (Å²) < 4.78 is 9.71. The number of rotatable bonds is 7. The Hall–Kier alpha value is -2.30. The van der Waals surface area contributed by atoms with Gasteiger partial charge in [0.2, 0.25) is 0 Å². The standard InChI is InChI=1S/C15H18O5/c1-3-20-15(18)9-7-12(16)6-4-11-5-8-13(17)14(10-11)19-2/h4-6,8,10,17H,3,7,9H2,1-2H3. The van der Waals surface area contributed by atoms with Gasteiger partial charge in [0.1, 0.15) is 0 Å². The number of hydrogen-bond acceptors (Lipinski definition) is 5. The smallest absolute Gasteiger partial charge is 0.306 e. The van der Waals surface area contributed by atoms with Gasteiger partial charge in [-0.1, -0.05) is 12.1 Å². The summed E-state index contributed by atoms with van der Waals surface area (Å²) in [6.07, 6.45) is 3.20. The number of ether oxygens (including phenoxy) is 2. The number of benzene rings is 1. The number of aromatic hydroxyl groups is 1. The fourth-order valence-electron chi connectivity index (χ4n) is 1.53. The van der Waals surface area contributed by atoms with Crippen LogP contribution in [-0.4, -0.2) is 30.6 Å². The van der Waals surface area contributed by atoms with Crippen LogP contribution in [0.25, 0.3) is 6.08 Å². The van der Waals surface area contributed by atoms with Crippen molar-refractivity contribution in [1.82, 2.24) is 0 Å². The first-order valence-electron chi connectivity index (χ1n) is 6.30. The Morgan fingerprint density at radius 1 is 1.30 bits per heavy atom. The molecule has 0 aromatic heterocycles. The molecule has 1 aromatic rings. The SMILES string of the molecule is CCOC(=O)CCC(=O)C=Cc1ccc(O)c(OC)c1. The Morgan fingerprint density at radius 3 is 2.70 bits per heavy atom. The van der Waals surface area contributed by atoms with Gasteiger partial charge in [-0.15, -0.1) is 0 Å². The molecule has 20 heavy (non-hydrogen) atoms. The Balaban J connectivity index is 2.55.